The number of benzene rings is 2. The molecule has 10 nitrogen and oxygen atoms in total. The summed E-state index contributed by atoms with van der Waals surface area (Å²) in [6, 6.07) is 10.2. The second-order valence-electron chi connectivity index (χ2n) is 9.51. The van der Waals surface area contributed by atoms with Crippen molar-refractivity contribution in [3.05, 3.63) is 52.6 Å². The van der Waals surface area contributed by atoms with Gasteiger partial charge >= 0.3 is 18.2 Å². The molecule has 1 saturated heterocycles. The Kier molecular flexibility index (Phi) is 7.35. The Balaban J connectivity index is 1.62. The van der Waals surface area contributed by atoms with E-state index in [9.17, 15) is 19.5 Å². The van der Waals surface area contributed by atoms with Crippen molar-refractivity contribution in [1.82, 2.24) is 9.47 Å². The molecular weight excluding hydrogens is 546 g/mol. The monoisotopic (exact) mass is 573 g/mol. The number of rotatable bonds is 4. The van der Waals surface area contributed by atoms with Crippen molar-refractivity contribution < 1.29 is 33.7 Å². The van der Waals surface area contributed by atoms with E-state index >= 15 is 0 Å². The van der Waals surface area contributed by atoms with Crippen molar-refractivity contribution in [1.29, 1.82) is 0 Å². The Bertz CT molecular complexity index is 1350. The molecule has 0 unspecified atom stereocenters. The molecule has 4 rings (SSSR count). The number of carboxylic acid groups (broad SMARTS) is 1. The summed E-state index contributed by atoms with van der Waals surface area (Å²) >= 11 is 3.42. The van der Waals surface area contributed by atoms with E-state index in [0.717, 1.165) is 10.3 Å². The van der Waals surface area contributed by atoms with E-state index in [1.807, 2.05) is 20.8 Å². The number of nitrogens with zero attached hydrogens (tertiary/aromatic N) is 3. The Hall–Kier alpha value is -3.73. The normalized spacial score (nSPS) is 14.0. The van der Waals surface area contributed by atoms with Gasteiger partial charge < -0.3 is 29.1 Å². The van der Waals surface area contributed by atoms with Gasteiger partial charge in [-0.05, 0) is 61.0 Å². The van der Waals surface area contributed by atoms with Gasteiger partial charge in [-0.2, -0.15) is 0 Å². The van der Waals surface area contributed by atoms with Gasteiger partial charge in [-0.15, -0.1) is 0 Å². The predicted octanol–water partition coefficient (Wildman–Crippen LogP) is 5.57. The number of ether oxygens (including phenoxy) is 3. The van der Waals surface area contributed by atoms with Crippen LogP contribution in [0.5, 0.6) is 11.5 Å². The molecule has 3 aromatic rings. The first-order valence-corrected chi connectivity index (χ1v) is 12.4. The molecule has 0 aliphatic carbocycles. The number of methoxy groups -OCH3 is 1. The fourth-order valence-electron chi connectivity index (χ4n) is 4.11. The first kappa shape index (κ1) is 26.3. The van der Waals surface area contributed by atoms with Crippen LogP contribution in [0.25, 0.3) is 10.9 Å². The summed E-state index contributed by atoms with van der Waals surface area (Å²) in [6.07, 6.45) is -0.0263. The van der Waals surface area contributed by atoms with Gasteiger partial charge in [0.2, 0.25) is 0 Å². The molecule has 0 bridgehead atoms. The summed E-state index contributed by atoms with van der Waals surface area (Å²) in [5.41, 5.74) is 0.907. The smallest absolute Gasteiger partial charge is 0.416 e. The first-order valence-electron chi connectivity index (χ1n) is 11.6. The van der Waals surface area contributed by atoms with Gasteiger partial charge in [0.25, 0.3) is 0 Å². The zero-order chi connectivity index (χ0) is 26.9. The van der Waals surface area contributed by atoms with E-state index in [-0.39, 0.29) is 17.4 Å². The van der Waals surface area contributed by atoms with Crippen LogP contribution in [0.2, 0.25) is 0 Å². The van der Waals surface area contributed by atoms with E-state index in [4.69, 9.17) is 14.2 Å². The van der Waals surface area contributed by atoms with Crippen molar-refractivity contribution in [2.24, 2.45) is 0 Å². The van der Waals surface area contributed by atoms with Crippen molar-refractivity contribution >= 4 is 50.7 Å². The third kappa shape index (κ3) is 5.66. The average Bonchev–Trinajstić information content (AvgIpc) is 3.20. The minimum Gasteiger partial charge on any atom is -0.465 e. The van der Waals surface area contributed by atoms with Crippen molar-refractivity contribution in [3.63, 3.8) is 0 Å². The van der Waals surface area contributed by atoms with Gasteiger partial charge in [0.15, 0.2) is 0 Å². The maximum atomic E-state index is 12.5. The van der Waals surface area contributed by atoms with Gasteiger partial charge in [0, 0.05) is 48.6 Å². The van der Waals surface area contributed by atoms with Crippen LogP contribution in [-0.4, -0.2) is 71.6 Å². The van der Waals surface area contributed by atoms with Gasteiger partial charge in [-0.25, -0.2) is 14.4 Å². The van der Waals surface area contributed by atoms with E-state index < -0.39 is 17.7 Å². The molecule has 0 radical (unpaired) electrons. The SMILES string of the molecule is COC(=O)c1ccc(N2CCN(C(=O)OC(C)(C)C)CC2)cc1Oc1cccc2c1c(Br)cn2C(=O)O. The highest BCUT2D eigenvalue weighted by Crippen LogP contribution is 2.38. The number of piperazine rings is 1. The molecule has 0 saturated carbocycles. The molecule has 0 spiro atoms. The highest BCUT2D eigenvalue weighted by atomic mass is 79.9. The van der Waals surface area contributed by atoms with Gasteiger partial charge in [0.05, 0.1) is 18.0 Å². The van der Waals surface area contributed by atoms with Crippen molar-refractivity contribution in [3.8, 4) is 11.5 Å². The summed E-state index contributed by atoms with van der Waals surface area (Å²) < 4.78 is 18.3. The summed E-state index contributed by atoms with van der Waals surface area (Å²) in [6.45, 7) is 7.61. The van der Waals surface area contributed by atoms with E-state index in [2.05, 4.69) is 20.8 Å². The van der Waals surface area contributed by atoms with Gasteiger partial charge in [-0.3, -0.25) is 4.57 Å². The number of esters is 1. The second kappa shape index (κ2) is 10.3. The van der Waals surface area contributed by atoms with E-state index in [1.54, 1.807) is 41.3 Å². The summed E-state index contributed by atoms with van der Waals surface area (Å²) in [5.74, 6) is 0.0773. The zero-order valence-corrected chi connectivity index (χ0v) is 22.6. The molecule has 196 valence electrons. The third-order valence-electron chi connectivity index (χ3n) is 5.84. The number of carbonyl (C=O) groups excluding carboxylic acids is 2. The first-order chi connectivity index (χ1) is 17.5. The number of hydrogen-bond acceptors (Lipinski definition) is 7. The lowest BCUT2D eigenvalue weighted by molar-refractivity contribution is 0.0240. The minimum atomic E-state index is -1.13. The Morgan fingerprint density at radius 2 is 1.70 bits per heavy atom. The molecule has 2 aromatic carbocycles. The number of carbonyl (C=O) groups is 3. The molecule has 11 heteroatoms. The summed E-state index contributed by atoms with van der Waals surface area (Å²) in [4.78, 5) is 40.3. The van der Waals surface area contributed by atoms with Crippen LogP contribution in [0.4, 0.5) is 15.3 Å². The molecule has 1 aromatic heterocycles. The Morgan fingerprint density at radius 1 is 1.00 bits per heavy atom. The average molecular weight is 574 g/mol. The number of anilines is 1. The maximum absolute atomic E-state index is 12.5. The molecule has 1 fully saturated rings. The number of aromatic nitrogens is 1. The predicted molar refractivity (Wildman–Crippen MR) is 141 cm³/mol. The molecule has 1 aliphatic rings. The number of amides is 1. The summed E-state index contributed by atoms with van der Waals surface area (Å²) in [7, 11) is 1.29. The lowest BCUT2D eigenvalue weighted by Gasteiger charge is -2.37. The lowest BCUT2D eigenvalue weighted by Crippen LogP contribution is -2.50. The second-order valence-corrected chi connectivity index (χ2v) is 10.4. The molecule has 0 atom stereocenters. The topological polar surface area (TPSA) is 111 Å². The fraction of sp³-hybridized carbons (Fsp3) is 0.346. The van der Waals surface area contributed by atoms with Gasteiger partial charge in [0.1, 0.15) is 22.7 Å². The highest BCUT2D eigenvalue weighted by Gasteiger charge is 2.27. The van der Waals surface area contributed by atoms with Crippen molar-refractivity contribution in [2.75, 3.05) is 38.2 Å². The number of hydrogen-bond donors (Lipinski definition) is 1. The molecule has 2 heterocycles. The Labute approximate surface area is 222 Å². The van der Waals surface area contributed by atoms with Gasteiger partial charge in [-0.1, -0.05) is 6.07 Å². The van der Waals surface area contributed by atoms with Crippen LogP contribution >= 0.6 is 15.9 Å². The molecule has 37 heavy (non-hydrogen) atoms. The molecule has 1 aliphatic heterocycles. The largest absolute Gasteiger partial charge is 0.465 e. The maximum Gasteiger partial charge on any atom is 0.416 e. The molecule has 1 N–H and O–H groups in total. The summed E-state index contributed by atoms with van der Waals surface area (Å²) in [5, 5.41) is 10.1. The standard InChI is InChI=1S/C26H28BrN3O7/c1-26(2,3)37-25(34)29-12-10-28(11-13-29)16-8-9-17(23(31)35-4)21(14-16)36-20-7-5-6-19-22(20)18(27)15-30(19)24(32)33/h5-9,14-15H,10-13H2,1-4H3,(H,32,33). The van der Waals surface area contributed by atoms with Crippen LogP contribution in [-0.2, 0) is 9.47 Å². The quantitative estimate of drug-likeness (QED) is 0.403. The Morgan fingerprint density at radius 3 is 2.32 bits per heavy atom. The molecular formula is C26H28BrN3O7. The fourth-order valence-corrected chi connectivity index (χ4v) is 4.72. The van der Waals surface area contributed by atoms with Crippen LogP contribution in [0.15, 0.2) is 47.1 Å². The third-order valence-corrected chi connectivity index (χ3v) is 6.44. The number of halogens is 1. The zero-order valence-electron chi connectivity index (χ0n) is 21.0. The van der Waals surface area contributed by atoms with Crippen LogP contribution < -0.4 is 9.64 Å². The van der Waals surface area contributed by atoms with E-state index in [1.165, 1.54) is 13.3 Å². The highest BCUT2D eigenvalue weighted by molar-refractivity contribution is 9.10. The minimum absolute atomic E-state index is 0.226. The van der Waals surface area contributed by atoms with Crippen LogP contribution in [0, 0.1) is 0 Å². The number of fused-ring (bicyclic) bond motifs is 1. The molecule has 1 amide bonds. The van der Waals surface area contributed by atoms with Crippen LogP contribution in [0.1, 0.15) is 31.1 Å². The van der Waals surface area contributed by atoms with Crippen molar-refractivity contribution in [2.45, 2.75) is 26.4 Å². The van der Waals surface area contributed by atoms with E-state index in [0.29, 0.717) is 47.3 Å². The van der Waals surface area contributed by atoms with Crippen LogP contribution in [0.3, 0.4) is 0 Å². The lowest BCUT2D eigenvalue weighted by atomic mass is 10.1.